The van der Waals surface area contributed by atoms with Gasteiger partial charge in [-0.2, -0.15) is 0 Å². The van der Waals surface area contributed by atoms with Crippen LogP contribution in [0.3, 0.4) is 0 Å². The largest absolute Gasteiger partial charge is 0.368 e. The lowest BCUT2D eigenvalue weighted by molar-refractivity contribution is -0.140. The van der Waals surface area contributed by atoms with Gasteiger partial charge in [0.15, 0.2) is 0 Å². The van der Waals surface area contributed by atoms with Crippen molar-refractivity contribution in [2.45, 2.75) is 37.7 Å². The molecule has 26 heavy (non-hydrogen) atoms. The molecule has 1 saturated heterocycles. The van der Waals surface area contributed by atoms with Gasteiger partial charge in [-0.1, -0.05) is 42.5 Å². The molecule has 1 fully saturated rings. The number of rotatable bonds is 7. The van der Waals surface area contributed by atoms with E-state index in [0.29, 0.717) is 12.8 Å². The summed E-state index contributed by atoms with van der Waals surface area (Å²) in [5.74, 6) is -0.0389. The highest BCUT2D eigenvalue weighted by molar-refractivity contribution is 5.97. The highest BCUT2D eigenvalue weighted by Gasteiger charge is 2.39. The Hall–Kier alpha value is -2.17. The summed E-state index contributed by atoms with van der Waals surface area (Å²) in [5, 5.41) is 6.34. The van der Waals surface area contributed by atoms with Gasteiger partial charge in [-0.15, -0.1) is 0 Å². The summed E-state index contributed by atoms with van der Waals surface area (Å²) in [6.45, 7) is 1.61. The number of carbonyl (C=O) groups is 1. The predicted molar refractivity (Wildman–Crippen MR) is 105 cm³/mol. The van der Waals surface area contributed by atoms with Crippen molar-refractivity contribution < 1.29 is 9.53 Å². The fourth-order valence-corrected chi connectivity index (χ4v) is 3.55. The van der Waals surface area contributed by atoms with Crippen molar-refractivity contribution in [3.63, 3.8) is 0 Å². The van der Waals surface area contributed by atoms with Gasteiger partial charge in [0, 0.05) is 12.8 Å². The van der Waals surface area contributed by atoms with Gasteiger partial charge in [0.05, 0.1) is 0 Å². The quantitative estimate of drug-likeness (QED) is 0.801. The number of benzene rings is 2. The van der Waals surface area contributed by atoms with Crippen molar-refractivity contribution in [2.75, 3.05) is 25.5 Å². The van der Waals surface area contributed by atoms with Crippen LogP contribution in [-0.2, 0) is 22.4 Å². The Bertz CT molecular complexity index is 709. The molecule has 1 aliphatic heterocycles. The maximum absolute atomic E-state index is 12.8. The van der Waals surface area contributed by atoms with Crippen LogP contribution in [0.2, 0.25) is 0 Å². The van der Waals surface area contributed by atoms with Gasteiger partial charge in [-0.25, -0.2) is 0 Å². The van der Waals surface area contributed by atoms with Crippen molar-refractivity contribution in [1.29, 1.82) is 0 Å². The number of amides is 1. The normalized spacial score (nSPS) is 16.2. The second-order valence-corrected chi connectivity index (χ2v) is 6.94. The molecule has 0 aromatic heterocycles. The topological polar surface area (TPSA) is 50.4 Å². The van der Waals surface area contributed by atoms with Crippen LogP contribution < -0.4 is 10.6 Å². The van der Waals surface area contributed by atoms with Crippen molar-refractivity contribution in [3.05, 3.63) is 65.7 Å². The summed E-state index contributed by atoms with van der Waals surface area (Å²) in [4.78, 5) is 12.8. The highest BCUT2D eigenvalue weighted by Crippen LogP contribution is 2.25. The molecule has 3 rings (SSSR count). The molecule has 1 amide bonds. The second kappa shape index (κ2) is 8.97. The Labute approximate surface area is 156 Å². The Kier molecular flexibility index (Phi) is 6.42. The molecule has 0 unspecified atom stereocenters. The first kappa shape index (κ1) is 18.6. The first-order chi connectivity index (χ1) is 12.7. The van der Waals surface area contributed by atoms with Crippen molar-refractivity contribution >= 4 is 11.6 Å². The molecule has 138 valence electrons. The predicted octanol–water partition coefficient (Wildman–Crippen LogP) is 3.57. The van der Waals surface area contributed by atoms with E-state index in [0.717, 1.165) is 38.0 Å². The third-order valence-corrected chi connectivity index (χ3v) is 5.17. The molecule has 1 aliphatic rings. The smallest absolute Gasteiger partial charge is 0.256 e. The van der Waals surface area contributed by atoms with Gasteiger partial charge in [-0.05, 0) is 68.5 Å². The summed E-state index contributed by atoms with van der Waals surface area (Å²) in [7, 11) is 1.63. The van der Waals surface area contributed by atoms with E-state index in [1.54, 1.807) is 7.11 Å². The van der Waals surface area contributed by atoms with Gasteiger partial charge in [0.1, 0.15) is 5.60 Å². The van der Waals surface area contributed by atoms with Gasteiger partial charge in [0.25, 0.3) is 5.91 Å². The number of anilines is 1. The Morgan fingerprint density at radius 3 is 2.46 bits per heavy atom. The van der Waals surface area contributed by atoms with E-state index >= 15 is 0 Å². The molecular weight excluding hydrogens is 324 g/mol. The molecule has 4 nitrogen and oxygen atoms in total. The average Bonchev–Trinajstić information content (AvgIpc) is 2.69. The van der Waals surface area contributed by atoms with Crippen molar-refractivity contribution in [3.8, 4) is 0 Å². The fourth-order valence-electron chi connectivity index (χ4n) is 3.55. The first-order valence-corrected chi connectivity index (χ1v) is 9.42. The number of ether oxygens (including phenoxy) is 1. The van der Waals surface area contributed by atoms with Crippen molar-refractivity contribution in [2.24, 2.45) is 0 Å². The molecule has 2 N–H and O–H groups in total. The number of methoxy groups -OCH3 is 1. The van der Waals surface area contributed by atoms with Crippen LogP contribution in [0.5, 0.6) is 0 Å². The lowest BCUT2D eigenvalue weighted by Crippen LogP contribution is -2.51. The summed E-state index contributed by atoms with van der Waals surface area (Å²) in [6.07, 6.45) is 4.56. The Morgan fingerprint density at radius 1 is 1.04 bits per heavy atom. The van der Waals surface area contributed by atoms with Crippen LogP contribution >= 0.6 is 0 Å². The van der Waals surface area contributed by atoms with Crippen LogP contribution in [0.25, 0.3) is 0 Å². The van der Waals surface area contributed by atoms with Gasteiger partial charge < -0.3 is 15.4 Å². The van der Waals surface area contributed by atoms with Crippen molar-refractivity contribution in [1.82, 2.24) is 5.32 Å². The number of carbonyl (C=O) groups excluding carboxylic acids is 1. The third kappa shape index (κ3) is 4.71. The third-order valence-electron chi connectivity index (χ3n) is 5.17. The molecular formula is C22H28N2O2. The minimum Gasteiger partial charge on any atom is -0.368 e. The molecule has 0 aliphatic carbocycles. The van der Waals surface area contributed by atoms with Gasteiger partial charge >= 0.3 is 0 Å². The Balaban J connectivity index is 1.57. The zero-order valence-corrected chi connectivity index (χ0v) is 15.5. The molecule has 2 aromatic rings. The van der Waals surface area contributed by atoms with E-state index in [2.05, 4.69) is 47.0 Å². The maximum atomic E-state index is 12.8. The van der Waals surface area contributed by atoms with Gasteiger partial charge in [-0.3, -0.25) is 4.79 Å². The number of piperidine rings is 1. The second-order valence-electron chi connectivity index (χ2n) is 6.94. The van der Waals surface area contributed by atoms with E-state index in [9.17, 15) is 4.79 Å². The summed E-state index contributed by atoms with van der Waals surface area (Å²) in [6, 6.07) is 18.7. The Morgan fingerprint density at radius 2 is 1.73 bits per heavy atom. The SMILES string of the molecule is COC1(C(=O)Nc2cccc(CCCc3ccccc3)c2)CCNCC1. The molecule has 0 atom stereocenters. The number of hydrogen-bond donors (Lipinski definition) is 2. The molecule has 0 bridgehead atoms. The first-order valence-electron chi connectivity index (χ1n) is 9.42. The van der Waals surface area contributed by atoms with E-state index in [-0.39, 0.29) is 5.91 Å². The lowest BCUT2D eigenvalue weighted by atomic mass is 9.91. The summed E-state index contributed by atoms with van der Waals surface area (Å²) < 4.78 is 5.60. The molecule has 4 heteroatoms. The monoisotopic (exact) mass is 352 g/mol. The van der Waals surface area contributed by atoms with E-state index in [1.807, 2.05) is 18.2 Å². The molecule has 0 spiro atoms. The molecule has 1 heterocycles. The van der Waals surface area contributed by atoms with Crippen LogP contribution in [0, 0.1) is 0 Å². The van der Waals surface area contributed by atoms with Crippen LogP contribution in [0.1, 0.15) is 30.4 Å². The number of nitrogens with one attached hydrogen (secondary N) is 2. The minimum atomic E-state index is -0.714. The minimum absolute atomic E-state index is 0.0389. The van der Waals surface area contributed by atoms with Crippen LogP contribution in [-0.4, -0.2) is 31.7 Å². The molecule has 0 radical (unpaired) electrons. The van der Waals surface area contributed by atoms with Gasteiger partial charge in [0.2, 0.25) is 0 Å². The van der Waals surface area contributed by atoms with E-state index in [4.69, 9.17) is 4.74 Å². The summed E-state index contributed by atoms with van der Waals surface area (Å²) in [5.41, 5.74) is 2.75. The summed E-state index contributed by atoms with van der Waals surface area (Å²) >= 11 is 0. The zero-order valence-electron chi connectivity index (χ0n) is 15.5. The number of hydrogen-bond acceptors (Lipinski definition) is 3. The van der Waals surface area contributed by atoms with Crippen LogP contribution in [0.15, 0.2) is 54.6 Å². The average molecular weight is 352 g/mol. The lowest BCUT2D eigenvalue weighted by Gasteiger charge is -2.34. The highest BCUT2D eigenvalue weighted by atomic mass is 16.5. The molecule has 0 saturated carbocycles. The number of aryl methyl sites for hydroxylation is 2. The standard InChI is InChI=1S/C22H28N2O2/c1-26-22(13-15-23-16-14-22)21(25)24-20-12-6-11-19(17-20)10-5-9-18-7-3-2-4-8-18/h2-4,6-8,11-12,17,23H,5,9-10,13-16H2,1H3,(H,24,25). The van der Waals surface area contributed by atoms with E-state index in [1.165, 1.54) is 11.1 Å². The van der Waals surface area contributed by atoms with E-state index < -0.39 is 5.60 Å². The zero-order chi connectivity index (χ0) is 18.2. The fraction of sp³-hybridized carbons (Fsp3) is 0.409. The molecule has 2 aromatic carbocycles. The maximum Gasteiger partial charge on any atom is 0.256 e. The van der Waals surface area contributed by atoms with Crippen LogP contribution in [0.4, 0.5) is 5.69 Å².